The van der Waals surface area contributed by atoms with Gasteiger partial charge in [0.1, 0.15) is 0 Å². The molecular weight excluding hydrogens is 350 g/mol. The fraction of sp³-hybridized carbons (Fsp3) is 0.632. The SMILES string of the molecule is Cc1ccccc1CNC(=O)[C@@H]1CCCN(S(=O)(=O)N2CCCCC2)C1. The van der Waals surface area contributed by atoms with Gasteiger partial charge in [0.05, 0.1) is 5.92 Å². The molecule has 0 saturated carbocycles. The summed E-state index contributed by atoms with van der Waals surface area (Å²) in [5.74, 6) is -0.320. The van der Waals surface area contributed by atoms with Gasteiger partial charge >= 0.3 is 0 Å². The first-order valence-electron chi connectivity index (χ1n) is 9.56. The van der Waals surface area contributed by atoms with Gasteiger partial charge in [-0.05, 0) is 43.7 Å². The van der Waals surface area contributed by atoms with Crippen molar-refractivity contribution in [3.63, 3.8) is 0 Å². The molecule has 0 aromatic heterocycles. The summed E-state index contributed by atoms with van der Waals surface area (Å²) in [7, 11) is -3.44. The maximum atomic E-state index is 12.9. The van der Waals surface area contributed by atoms with Crippen molar-refractivity contribution in [1.82, 2.24) is 13.9 Å². The van der Waals surface area contributed by atoms with Crippen LogP contribution in [0.1, 0.15) is 43.2 Å². The number of rotatable bonds is 5. The molecule has 2 aliphatic heterocycles. The quantitative estimate of drug-likeness (QED) is 0.851. The van der Waals surface area contributed by atoms with Crippen LogP contribution in [0.2, 0.25) is 0 Å². The monoisotopic (exact) mass is 379 g/mol. The van der Waals surface area contributed by atoms with Crippen LogP contribution in [-0.2, 0) is 21.5 Å². The molecule has 0 bridgehead atoms. The summed E-state index contributed by atoms with van der Waals surface area (Å²) in [6.07, 6.45) is 4.41. The van der Waals surface area contributed by atoms with Gasteiger partial charge in [-0.1, -0.05) is 30.7 Å². The van der Waals surface area contributed by atoms with Crippen molar-refractivity contribution in [3.05, 3.63) is 35.4 Å². The summed E-state index contributed by atoms with van der Waals surface area (Å²) in [6.45, 7) is 4.51. The van der Waals surface area contributed by atoms with E-state index < -0.39 is 10.2 Å². The third-order valence-corrected chi connectivity index (χ3v) is 7.44. The van der Waals surface area contributed by atoms with E-state index in [1.54, 1.807) is 4.31 Å². The predicted octanol–water partition coefficient (Wildman–Crippen LogP) is 2.05. The van der Waals surface area contributed by atoms with Gasteiger partial charge in [-0.15, -0.1) is 0 Å². The number of carbonyl (C=O) groups is 1. The van der Waals surface area contributed by atoms with Crippen LogP contribution >= 0.6 is 0 Å². The number of nitrogens with zero attached hydrogens (tertiary/aromatic N) is 2. The second-order valence-electron chi connectivity index (χ2n) is 7.31. The predicted molar refractivity (Wildman–Crippen MR) is 102 cm³/mol. The zero-order valence-corrected chi connectivity index (χ0v) is 16.3. The van der Waals surface area contributed by atoms with Gasteiger partial charge in [0, 0.05) is 32.7 Å². The molecule has 1 amide bonds. The summed E-state index contributed by atoms with van der Waals surface area (Å²) in [5, 5.41) is 2.99. The van der Waals surface area contributed by atoms with Gasteiger partial charge in [-0.25, -0.2) is 0 Å². The maximum absolute atomic E-state index is 12.9. The molecule has 2 fully saturated rings. The summed E-state index contributed by atoms with van der Waals surface area (Å²) < 4.78 is 28.8. The van der Waals surface area contributed by atoms with E-state index in [0.29, 0.717) is 32.7 Å². The Balaban J connectivity index is 1.59. The lowest BCUT2D eigenvalue weighted by Crippen LogP contribution is -2.51. The van der Waals surface area contributed by atoms with Crippen LogP contribution in [0.5, 0.6) is 0 Å². The Morgan fingerprint density at radius 1 is 1.08 bits per heavy atom. The van der Waals surface area contributed by atoms with Crippen molar-refractivity contribution >= 4 is 16.1 Å². The number of nitrogens with one attached hydrogen (secondary N) is 1. The number of aryl methyl sites for hydroxylation is 1. The van der Waals surface area contributed by atoms with E-state index >= 15 is 0 Å². The lowest BCUT2D eigenvalue weighted by molar-refractivity contribution is -0.126. The second kappa shape index (κ2) is 8.50. The highest BCUT2D eigenvalue weighted by molar-refractivity contribution is 7.86. The van der Waals surface area contributed by atoms with Gasteiger partial charge < -0.3 is 5.32 Å². The molecule has 3 rings (SSSR count). The van der Waals surface area contributed by atoms with Crippen molar-refractivity contribution in [2.45, 2.75) is 45.6 Å². The first-order chi connectivity index (χ1) is 12.5. The topological polar surface area (TPSA) is 69.7 Å². The molecule has 144 valence electrons. The third kappa shape index (κ3) is 4.45. The Labute approximate surface area is 156 Å². The number of hydrogen-bond acceptors (Lipinski definition) is 3. The molecular formula is C19H29N3O3S. The van der Waals surface area contributed by atoms with Crippen molar-refractivity contribution < 1.29 is 13.2 Å². The number of hydrogen-bond donors (Lipinski definition) is 1. The molecule has 1 aromatic rings. The van der Waals surface area contributed by atoms with E-state index in [1.165, 1.54) is 4.31 Å². The Morgan fingerprint density at radius 3 is 2.50 bits per heavy atom. The smallest absolute Gasteiger partial charge is 0.281 e. The zero-order chi connectivity index (χ0) is 18.6. The Bertz CT molecular complexity index is 729. The van der Waals surface area contributed by atoms with Crippen LogP contribution in [0, 0.1) is 12.8 Å². The van der Waals surface area contributed by atoms with Crippen LogP contribution in [0.15, 0.2) is 24.3 Å². The van der Waals surface area contributed by atoms with E-state index in [1.807, 2.05) is 31.2 Å². The lowest BCUT2D eigenvalue weighted by Gasteiger charge is -2.36. The Kier molecular flexibility index (Phi) is 6.32. The highest BCUT2D eigenvalue weighted by Gasteiger charge is 2.36. The number of piperidine rings is 2. The molecule has 2 saturated heterocycles. The minimum Gasteiger partial charge on any atom is -0.352 e. The van der Waals surface area contributed by atoms with Crippen molar-refractivity contribution in [2.24, 2.45) is 5.92 Å². The van der Waals surface area contributed by atoms with Crippen molar-refractivity contribution in [1.29, 1.82) is 0 Å². The van der Waals surface area contributed by atoms with Crippen LogP contribution in [0.4, 0.5) is 0 Å². The van der Waals surface area contributed by atoms with Crippen molar-refractivity contribution in [2.75, 3.05) is 26.2 Å². The fourth-order valence-electron chi connectivity index (χ4n) is 3.76. The summed E-state index contributed by atoms with van der Waals surface area (Å²) in [6, 6.07) is 7.96. The van der Waals surface area contributed by atoms with Gasteiger partial charge in [0.25, 0.3) is 10.2 Å². The molecule has 0 spiro atoms. The first-order valence-corrected chi connectivity index (χ1v) is 11.0. The minimum absolute atomic E-state index is 0.0493. The molecule has 2 heterocycles. The van der Waals surface area contributed by atoms with Crippen molar-refractivity contribution in [3.8, 4) is 0 Å². The van der Waals surface area contributed by atoms with Gasteiger partial charge in [-0.2, -0.15) is 17.0 Å². The standard InChI is InChI=1S/C19H29N3O3S/c1-16-8-3-4-9-17(16)14-20-19(23)18-10-7-13-22(15-18)26(24,25)21-11-5-2-6-12-21/h3-4,8-9,18H,2,5-7,10-15H2,1H3,(H,20,23)/t18-/m1/s1. The molecule has 1 atom stereocenters. The first kappa shape index (κ1) is 19.3. The van der Waals surface area contributed by atoms with Crippen LogP contribution in [0.3, 0.4) is 0 Å². The number of amides is 1. The average Bonchev–Trinajstić information content (AvgIpc) is 2.68. The normalized spacial score (nSPS) is 22.9. The molecule has 2 aliphatic rings. The molecule has 26 heavy (non-hydrogen) atoms. The average molecular weight is 380 g/mol. The third-order valence-electron chi connectivity index (χ3n) is 5.44. The summed E-state index contributed by atoms with van der Waals surface area (Å²) in [4.78, 5) is 12.6. The molecule has 6 nitrogen and oxygen atoms in total. The number of carbonyl (C=O) groups excluding carboxylic acids is 1. The van der Waals surface area contributed by atoms with E-state index in [4.69, 9.17) is 0 Å². The maximum Gasteiger partial charge on any atom is 0.281 e. The molecule has 7 heteroatoms. The molecule has 0 aliphatic carbocycles. The van der Waals surface area contributed by atoms with Gasteiger partial charge in [0.15, 0.2) is 0 Å². The largest absolute Gasteiger partial charge is 0.352 e. The molecule has 0 radical (unpaired) electrons. The Morgan fingerprint density at radius 2 is 1.77 bits per heavy atom. The molecule has 0 unspecified atom stereocenters. The minimum atomic E-state index is -3.44. The van der Waals surface area contributed by atoms with Crippen LogP contribution in [0.25, 0.3) is 0 Å². The second-order valence-corrected chi connectivity index (χ2v) is 9.24. The van der Waals surface area contributed by atoms with Crippen LogP contribution < -0.4 is 5.32 Å². The van der Waals surface area contributed by atoms with E-state index in [9.17, 15) is 13.2 Å². The summed E-state index contributed by atoms with van der Waals surface area (Å²) in [5.41, 5.74) is 2.24. The lowest BCUT2D eigenvalue weighted by atomic mass is 9.98. The zero-order valence-electron chi connectivity index (χ0n) is 15.5. The summed E-state index contributed by atoms with van der Waals surface area (Å²) >= 11 is 0. The highest BCUT2D eigenvalue weighted by Crippen LogP contribution is 2.23. The van der Waals surface area contributed by atoms with Gasteiger partial charge in [-0.3, -0.25) is 4.79 Å². The van der Waals surface area contributed by atoms with Crippen LogP contribution in [-0.4, -0.2) is 49.1 Å². The van der Waals surface area contributed by atoms with E-state index in [2.05, 4.69) is 5.32 Å². The Hall–Kier alpha value is -1.44. The molecule has 1 aromatic carbocycles. The van der Waals surface area contributed by atoms with Gasteiger partial charge in [0.2, 0.25) is 5.91 Å². The molecule has 1 N–H and O–H groups in total. The fourth-order valence-corrected chi connectivity index (χ4v) is 5.53. The number of benzene rings is 1. The van der Waals surface area contributed by atoms with E-state index in [-0.39, 0.29) is 11.8 Å². The highest BCUT2D eigenvalue weighted by atomic mass is 32.2. The van der Waals surface area contributed by atoms with E-state index in [0.717, 1.165) is 43.2 Å².